The van der Waals surface area contributed by atoms with Crippen LogP contribution in [0.25, 0.3) is 0 Å². The molecular weight excluding hydrogens is 404 g/mol. The molecule has 2 rings (SSSR count). The minimum Gasteiger partial charge on any atom is -0.360 e. The number of thioether (sulfide) groups is 1. The second kappa shape index (κ2) is 10.8. The van der Waals surface area contributed by atoms with Gasteiger partial charge in [-0.3, -0.25) is 14.4 Å². The Morgan fingerprint density at radius 3 is 2.40 bits per heavy atom. The van der Waals surface area contributed by atoms with Crippen molar-refractivity contribution in [3.05, 3.63) is 47.2 Å². The second-order valence-electron chi connectivity index (χ2n) is 7.07. The molecule has 0 aliphatic carbocycles. The monoisotopic (exact) mass is 432 g/mol. The predicted molar refractivity (Wildman–Crippen MR) is 117 cm³/mol. The fourth-order valence-electron chi connectivity index (χ4n) is 2.62. The highest BCUT2D eigenvalue weighted by atomic mass is 32.2. The molecule has 0 spiro atoms. The van der Waals surface area contributed by atoms with Crippen LogP contribution < -0.4 is 5.32 Å². The van der Waals surface area contributed by atoms with Crippen molar-refractivity contribution in [2.45, 2.75) is 32.6 Å². The summed E-state index contributed by atoms with van der Waals surface area (Å²) >= 11 is 1.27. The van der Waals surface area contributed by atoms with Crippen LogP contribution >= 0.6 is 11.8 Å². The largest absolute Gasteiger partial charge is 0.360 e. The molecule has 0 fully saturated rings. The normalized spacial score (nSPS) is 11.6. The van der Waals surface area contributed by atoms with Crippen molar-refractivity contribution in [1.82, 2.24) is 15.0 Å². The Kier molecular flexibility index (Phi) is 8.46. The maximum absolute atomic E-state index is 12.6. The highest BCUT2D eigenvalue weighted by Crippen LogP contribution is 2.16. The molecule has 1 unspecified atom stereocenters. The van der Waals surface area contributed by atoms with Crippen molar-refractivity contribution in [2.24, 2.45) is 0 Å². The van der Waals surface area contributed by atoms with E-state index < -0.39 is 5.25 Å². The van der Waals surface area contributed by atoms with Crippen LogP contribution in [0.2, 0.25) is 0 Å². The number of amides is 3. The summed E-state index contributed by atoms with van der Waals surface area (Å²) in [5, 5.41) is 5.99. The van der Waals surface area contributed by atoms with Crippen LogP contribution in [-0.2, 0) is 16.1 Å². The van der Waals surface area contributed by atoms with Gasteiger partial charge in [-0.2, -0.15) is 0 Å². The molecule has 30 heavy (non-hydrogen) atoms. The topological polar surface area (TPSA) is 95.8 Å². The number of aromatic nitrogens is 1. The molecule has 0 aliphatic heterocycles. The predicted octanol–water partition coefficient (Wildman–Crippen LogP) is 2.79. The zero-order valence-electron chi connectivity index (χ0n) is 18.0. The Hall–Kier alpha value is -2.81. The summed E-state index contributed by atoms with van der Waals surface area (Å²) in [5.74, 6) is 0.825. The Balaban J connectivity index is 1.86. The Morgan fingerprint density at radius 1 is 1.20 bits per heavy atom. The lowest BCUT2D eigenvalue weighted by atomic mass is 10.1. The molecule has 2 aromatic rings. The summed E-state index contributed by atoms with van der Waals surface area (Å²) in [5.41, 5.74) is 1.55. The number of nitrogens with zero attached hydrogens (tertiary/aromatic N) is 3. The van der Waals surface area contributed by atoms with Crippen LogP contribution in [0.1, 0.15) is 35.5 Å². The van der Waals surface area contributed by atoms with E-state index in [4.69, 9.17) is 4.52 Å². The first-order chi connectivity index (χ1) is 14.2. The van der Waals surface area contributed by atoms with E-state index in [1.807, 2.05) is 19.1 Å². The summed E-state index contributed by atoms with van der Waals surface area (Å²) < 4.78 is 4.92. The first-order valence-electron chi connectivity index (χ1n) is 9.65. The summed E-state index contributed by atoms with van der Waals surface area (Å²) in [6.07, 6.45) is 0. The maximum atomic E-state index is 12.6. The summed E-state index contributed by atoms with van der Waals surface area (Å²) in [7, 11) is 3.42. The lowest BCUT2D eigenvalue weighted by molar-refractivity contribution is -0.128. The highest BCUT2D eigenvalue weighted by molar-refractivity contribution is 8.01. The molecule has 0 bridgehead atoms. The number of rotatable bonds is 9. The molecule has 1 atom stereocenters. The van der Waals surface area contributed by atoms with Crippen molar-refractivity contribution in [1.29, 1.82) is 0 Å². The SMILES string of the molecule is CCN(Cc1ccc(C(=O)N(C)C)cc1)C(=O)CSC(C)C(=O)Nc1cc(C)on1. The summed E-state index contributed by atoms with van der Waals surface area (Å²) in [4.78, 5) is 40.1. The van der Waals surface area contributed by atoms with Gasteiger partial charge in [-0.1, -0.05) is 17.3 Å². The van der Waals surface area contributed by atoms with Gasteiger partial charge in [0.2, 0.25) is 11.8 Å². The van der Waals surface area contributed by atoms with Crippen molar-refractivity contribution in [3.63, 3.8) is 0 Å². The molecule has 0 saturated heterocycles. The van der Waals surface area contributed by atoms with E-state index in [0.717, 1.165) is 5.56 Å². The van der Waals surface area contributed by atoms with E-state index in [1.54, 1.807) is 51.0 Å². The molecule has 0 aliphatic rings. The molecule has 1 N–H and O–H groups in total. The highest BCUT2D eigenvalue weighted by Gasteiger charge is 2.19. The van der Waals surface area contributed by atoms with Crippen LogP contribution in [0.15, 0.2) is 34.9 Å². The minimum atomic E-state index is -0.416. The van der Waals surface area contributed by atoms with Gasteiger partial charge in [-0.05, 0) is 38.5 Å². The van der Waals surface area contributed by atoms with Crippen LogP contribution in [0.4, 0.5) is 5.82 Å². The Labute approximate surface area is 181 Å². The average molecular weight is 433 g/mol. The second-order valence-corrected chi connectivity index (χ2v) is 8.40. The first-order valence-corrected chi connectivity index (χ1v) is 10.7. The lowest BCUT2D eigenvalue weighted by Gasteiger charge is -2.22. The van der Waals surface area contributed by atoms with Crippen molar-refractivity contribution in [3.8, 4) is 0 Å². The number of benzene rings is 1. The smallest absolute Gasteiger partial charge is 0.253 e. The fourth-order valence-corrected chi connectivity index (χ4v) is 3.41. The molecule has 0 radical (unpaired) electrons. The quantitative estimate of drug-likeness (QED) is 0.655. The number of aryl methyl sites for hydroxylation is 1. The fraction of sp³-hybridized carbons (Fsp3) is 0.429. The van der Waals surface area contributed by atoms with Gasteiger partial charge in [-0.25, -0.2) is 0 Å². The molecular formula is C21H28N4O4S. The maximum Gasteiger partial charge on any atom is 0.253 e. The molecule has 0 saturated carbocycles. The van der Waals surface area contributed by atoms with Crippen LogP contribution in [0.5, 0.6) is 0 Å². The van der Waals surface area contributed by atoms with E-state index in [1.165, 1.54) is 16.7 Å². The van der Waals surface area contributed by atoms with Crippen LogP contribution in [0, 0.1) is 6.92 Å². The number of carbonyl (C=O) groups excluding carboxylic acids is 3. The molecule has 162 valence electrons. The van der Waals surface area contributed by atoms with Crippen LogP contribution in [-0.4, -0.2) is 64.3 Å². The molecule has 9 heteroatoms. The van der Waals surface area contributed by atoms with Crippen molar-refractivity contribution < 1.29 is 18.9 Å². The molecule has 8 nitrogen and oxygen atoms in total. The standard InChI is InChI=1S/C21H28N4O4S/c1-6-25(12-16-7-9-17(10-8-16)21(28)24(4)5)19(26)13-30-15(3)20(27)22-18-11-14(2)29-23-18/h7-11,15H,6,12-13H2,1-5H3,(H,22,23,27). The number of hydrogen-bond donors (Lipinski definition) is 1. The zero-order chi connectivity index (χ0) is 22.3. The Morgan fingerprint density at radius 2 is 1.87 bits per heavy atom. The van der Waals surface area contributed by atoms with Gasteiger partial charge in [-0.15, -0.1) is 11.8 Å². The molecule has 3 amide bonds. The van der Waals surface area contributed by atoms with E-state index in [0.29, 0.717) is 30.2 Å². The molecule has 1 aromatic carbocycles. The van der Waals surface area contributed by atoms with Gasteiger partial charge in [0, 0.05) is 38.8 Å². The zero-order valence-corrected chi connectivity index (χ0v) is 18.8. The van der Waals surface area contributed by atoms with Crippen molar-refractivity contribution in [2.75, 3.05) is 31.7 Å². The van der Waals surface area contributed by atoms with Gasteiger partial charge in [0.15, 0.2) is 5.82 Å². The third-order valence-electron chi connectivity index (χ3n) is 4.42. The summed E-state index contributed by atoms with van der Waals surface area (Å²) in [6.45, 7) is 6.40. The molecule has 1 aromatic heterocycles. The lowest BCUT2D eigenvalue weighted by Crippen LogP contribution is -2.33. The van der Waals surface area contributed by atoms with Gasteiger partial charge < -0.3 is 19.6 Å². The number of anilines is 1. The van der Waals surface area contributed by atoms with Crippen molar-refractivity contribution >= 4 is 35.3 Å². The van der Waals surface area contributed by atoms with E-state index >= 15 is 0 Å². The number of carbonyl (C=O) groups is 3. The third-order valence-corrected chi connectivity index (χ3v) is 5.55. The average Bonchev–Trinajstić information content (AvgIpc) is 3.14. The minimum absolute atomic E-state index is 0.0483. The number of nitrogens with one attached hydrogen (secondary N) is 1. The third kappa shape index (κ3) is 6.62. The Bertz CT molecular complexity index is 879. The van der Waals surface area contributed by atoms with Gasteiger partial charge in [0.1, 0.15) is 5.76 Å². The van der Waals surface area contributed by atoms with Gasteiger partial charge in [0.05, 0.1) is 11.0 Å². The van der Waals surface area contributed by atoms with E-state index in [9.17, 15) is 14.4 Å². The molecule has 1 heterocycles. The van der Waals surface area contributed by atoms with E-state index in [-0.39, 0.29) is 23.5 Å². The van der Waals surface area contributed by atoms with Gasteiger partial charge in [0.25, 0.3) is 5.91 Å². The number of hydrogen-bond acceptors (Lipinski definition) is 6. The van der Waals surface area contributed by atoms with E-state index in [2.05, 4.69) is 10.5 Å². The first kappa shape index (κ1) is 23.5. The van der Waals surface area contributed by atoms with Gasteiger partial charge >= 0.3 is 0 Å². The van der Waals surface area contributed by atoms with Crippen LogP contribution in [0.3, 0.4) is 0 Å². The summed E-state index contributed by atoms with van der Waals surface area (Å²) in [6, 6.07) is 8.88.